The van der Waals surface area contributed by atoms with Crippen molar-refractivity contribution in [3.63, 3.8) is 0 Å². The average Bonchev–Trinajstić information content (AvgIpc) is 3.15. The Kier molecular flexibility index (Phi) is 8.56. The number of para-hydroxylation sites is 2. The van der Waals surface area contributed by atoms with Crippen LogP contribution in [-0.2, 0) is 18.7 Å². The fourth-order valence-electron chi connectivity index (χ4n) is 3.02. The van der Waals surface area contributed by atoms with Crippen molar-refractivity contribution in [3.05, 3.63) is 105 Å². The van der Waals surface area contributed by atoms with Crippen LogP contribution in [0.3, 0.4) is 0 Å². The van der Waals surface area contributed by atoms with E-state index >= 15 is 0 Å². The molecule has 0 bridgehead atoms. The highest BCUT2D eigenvalue weighted by Crippen LogP contribution is 2.25. The molecule has 0 amide bonds. The van der Waals surface area contributed by atoms with Gasteiger partial charge in [-0.2, -0.15) is 0 Å². The van der Waals surface area contributed by atoms with Crippen LogP contribution >= 0.6 is 7.82 Å². The number of aromatic nitrogens is 4. The number of nitrogens with zero attached hydrogens (tertiary/aromatic N) is 4. The molecule has 2 heterocycles. The third-order valence-electron chi connectivity index (χ3n) is 4.70. The van der Waals surface area contributed by atoms with Gasteiger partial charge in [0.1, 0.15) is 0 Å². The third kappa shape index (κ3) is 7.30. The number of hydrogen-bond acceptors (Lipinski definition) is 3. The Balaban J connectivity index is 0.000000195. The van der Waals surface area contributed by atoms with Crippen LogP contribution in [0.1, 0.15) is 11.4 Å². The quantitative estimate of drug-likeness (QED) is 0.381. The van der Waals surface area contributed by atoms with Crippen molar-refractivity contribution in [1.82, 2.24) is 18.7 Å². The summed E-state index contributed by atoms with van der Waals surface area (Å²) >= 11 is 0. The monoisotopic (exact) mass is 474 g/mol. The Morgan fingerprint density at radius 3 is 1.12 bits per heavy atom. The van der Waals surface area contributed by atoms with Crippen LogP contribution in [0, 0.1) is 13.8 Å². The van der Waals surface area contributed by atoms with Crippen molar-refractivity contribution >= 4 is 7.82 Å². The predicted octanol–water partition coefficient (Wildman–Crippen LogP) is 2.04. The van der Waals surface area contributed by atoms with Gasteiger partial charge < -0.3 is 14.7 Å². The van der Waals surface area contributed by atoms with Crippen LogP contribution < -0.4 is 11.1 Å². The predicted molar refractivity (Wildman–Crippen MR) is 126 cm³/mol. The number of phosphoric acid groups is 1. The minimum Gasteiger partial charge on any atom is -0.303 e. The zero-order chi connectivity index (χ0) is 24.8. The van der Waals surface area contributed by atoms with Gasteiger partial charge in [-0.3, -0.25) is 19.0 Å². The maximum absolute atomic E-state index is 11.6. The van der Waals surface area contributed by atoms with Crippen LogP contribution in [0.25, 0.3) is 11.4 Å². The molecule has 0 radical (unpaired) electrons. The van der Waals surface area contributed by atoms with Gasteiger partial charge in [0.25, 0.3) is 11.1 Å². The molecule has 0 aliphatic carbocycles. The van der Waals surface area contributed by atoms with Gasteiger partial charge in [-0.05, 0) is 38.1 Å². The second-order valence-electron chi connectivity index (χ2n) is 7.10. The van der Waals surface area contributed by atoms with Crippen LogP contribution in [0.15, 0.2) is 82.4 Å². The van der Waals surface area contributed by atoms with E-state index in [1.807, 2.05) is 98.0 Å². The van der Waals surface area contributed by atoms with E-state index in [2.05, 4.69) is 0 Å². The summed E-state index contributed by atoms with van der Waals surface area (Å²) in [6, 6.07) is 22.5. The van der Waals surface area contributed by atoms with Gasteiger partial charge >= 0.3 is 7.82 Å². The van der Waals surface area contributed by atoms with E-state index in [1.165, 1.54) is 0 Å². The van der Waals surface area contributed by atoms with E-state index in [9.17, 15) is 9.59 Å². The van der Waals surface area contributed by atoms with Crippen molar-refractivity contribution in [2.45, 2.75) is 13.8 Å². The summed E-state index contributed by atoms with van der Waals surface area (Å²) in [6.45, 7) is 3.84. The zero-order valence-electron chi connectivity index (χ0n) is 18.7. The fraction of sp³-hybridized carbons (Fsp3) is 0.182. The lowest BCUT2D eigenvalue weighted by atomic mass is 10.3. The zero-order valence-corrected chi connectivity index (χ0v) is 19.6. The first-order valence-electron chi connectivity index (χ1n) is 9.80. The standard InChI is InChI=1S/2C11H12N2O.H3O4P/c2*1-9-8-11(14)13(12(9)2)10-6-4-3-5-7-10;1-5(2,3)4/h2*3-8H,1-2H3;(H3,1,2,3,4). The lowest BCUT2D eigenvalue weighted by molar-refractivity contribution is 0.275. The summed E-state index contributed by atoms with van der Waals surface area (Å²) < 4.78 is 15.9. The minimum atomic E-state index is -4.64. The van der Waals surface area contributed by atoms with Gasteiger partial charge in [0.15, 0.2) is 0 Å². The van der Waals surface area contributed by atoms with Gasteiger partial charge in [-0.25, -0.2) is 13.9 Å². The van der Waals surface area contributed by atoms with Crippen LogP contribution in [0.2, 0.25) is 0 Å². The van der Waals surface area contributed by atoms with Crippen molar-refractivity contribution < 1.29 is 19.2 Å². The maximum Gasteiger partial charge on any atom is 0.466 e. The smallest absolute Gasteiger partial charge is 0.303 e. The Morgan fingerprint density at radius 2 is 0.909 bits per heavy atom. The van der Waals surface area contributed by atoms with E-state index in [0.717, 1.165) is 22.8 Å². The summed E-state index contributed by atoms with van der Waals surface area (Å²) in [5.74, 6) is 0. The van der Waals surface area contributed by atoms with Crippen molar-refractivity contribution in [2.75, 3.05) is 0 Å². The first kappa shape index (κ1) is 25.8. The number of aryl methyl sites for hydroxylation is 2. The van der Waals surface area contributed by atoms with Crippen LogP contribution in [-0.4, -0.2) is 33.4 Å². The van der Waals surface area contributed by atoms with Gasteiger partial charge in [0.2, 0.25) is 0 Å². The summed E-state index contributed by atoms with van der Waals surface area (Å²) in [5.41, 5.74) is 3.73. The molecule has 4 rings (SSSR count). The first-order chi connectivity index (χ1) is 15.4. The maximum atomic E-state index is 11.6. The topological polar surface area (TPSA) is 132 Å². The summed E-state index contributed by atoms with van der Waals surface area (Å²) in [6.07, 6.45) is 0. The SMILES string of the molecule is Cc1cc(=O)n(-c2ccccc2)n1C.Cc1cc(=O)n(-c2ccccc2)n1C.O=P(O)(O)O. The summed E-state index contributed by atoms with van der Waals surface area (Å²) in [5, 5.41) is 0. The van der Waals surface area contributed by atoms with E-state index in [0.29, 0.717) is 0 Å². The molecule has 0 fully saturated rings. The minimum absolute atomic E-state index is 0.0104. The van der Waals surface area contributed by atoms with Crippen molar-refractivity contribution in [1.29, 1.82) is 0 Å². The Labute approximate surface area is 190 Å². The Hall–Kier alpha value is -3.43. The molecule has 33 heavy (non-hydrogen) atoms. The van der Waals surface area contributed by atoms with Crippen LogP contribution in [0.4, 0.5) is 0 Å². The first-order valence-corrected chi connectivity index (χ1v) is 11.4. The molecule has 0 saturated carbocycles. The molecule has 0 unspecified atom stereocenters. The van der Waals surface area contributed by atoms with E-state index in [1.54, 1.807) is 21.5 Å². The molecule has 10 nitrogen and oxygen atoms in total. The Bertz CT molecular complexity index is 1240. The van der Waals surface area contributed by atoms with Gasteiger partial charge in [-0.1, -0.05) is 36.4 Å². The third-order valence-corrected chi connectivity index (χ3v) is 4.70. The van der Waals surface area contributed by atoms with Gasteiger partial charge in [0, 0.05) is 37.6 Å². The van der Waals surface area contributed by atoms with Gasteiger partial charge in [-0.15, -0.1) is 0 Å². The van der Waals surface area contributed by atoms with E-state index < -0.39 is 7.82 Å². The molecule has 2 aromatic heterocycles. The highest BCUT2D eigenvalue weighted by atomic mass is 31.2. The lowest BCUT2D eigenvalue weighted by Crippen LogP contribution is -2.18. The average molecular weight is 474 g/mol. The molecule has 0 spiro atoms. The molecule has 0 aliphatic rings. The molecule has 0 aliphatic heterocycles. The summed E-state index contributed by atoms with van der Waals surface area (Å²) in [4.78, 5) is 44.8. The molecule has 11 heteroatoms. The molecule has 0 atom stereocenters. The molecule has 176 valence electrons. The molecule has 3 N–H and O–H groups in total. The molecule has 0 saturated heterocycles. The fourth-order valence-corrected chi connectivity index (χ4v) is 3.02. The highest BCUT2D eigenvalue weighted by Gasteiger charge is 2.06. The van der Waals surface area contributed by atoms with E-state index in [-0.39, 0.29) is 11.1 Å². The molecular weight excluding hydrogens is 447 g/mol. The van der Waals surface area contributed by atoms with Crippen LogP contribution in [0.5, 0.6) is 0 Å². The molecule has 4 aromatic rings. The highest BCUT2D eigenvalue weighted by molar-refractivity contribution is 7.45. The second-order valence-corrected chi connectivity index (χ2v) is 8.13. The van der Waals surface area contributed by atoms with Crippen molar-refractivity contribution in [3.8, 4) is 11.4 Å². The van der Waals surface area contributed by atoms with E-state index in [4.69, 9.17) is 19.2 Å². The number of hydrogen-bond donors (Lipinski definition) is 3. The lowest BCUT2D eigenvalue weighted by Gasteiger charge is -2.07. The van der Waals surface area contributed by atoms with Gasteiger partial charge in [0.05, 0.1) is 11.4 Å². The number of benzene rings is 2. The molecular formula is C22H27N4O6P. The second kappa shape index (κ2) is 10.9. The normalized spacial score (nSPS) is 10.6. The van der Waals surface area contributed by atoms with Crippen molar-refractivity contribution in [2.24, 2.45) is 14.1 Å². The largest absolute Gasteiger partial charge is 0.466 e. The Morgan fingerprint density at radius 1 is 0.636 bits per heavy atom. The molecule has 2 aromatic carbocycles. The number of rotatable bonds is 2. The summed E-state index contributed by atoms with van der Waals surface area (Å²) in [7, 11) is -0.881.